The second-order valence-corrected chi connectivity index (χ2v) is 8.03. The molecule has 2 amide bonds. The number of amides is 2. The minimum Gasteiger partial charge on any atom is -0.444 e. The van der Waals surface area contributed by atoms with Crippen LogP contribution in [0.25, 0.3) is 0 Å². The van der Waals surface area contributed by atoms with Gasteiger partial charge in [-0.25, -0.2) is 9.86 Å². The maximum absolute atomic E-state index is 12.4. The first-order valence-corrected chi connectivity index (χ1v) is 9.81. The fourth-order valence-corrected chi connectivity index (χ4v) is 3.13. The molecule has 0 bridgehead atoms. The quantitative estimate of drug-likeness (QED) is 0.524. The second kappa shape index (κ2) is 11.1. The van der Waals surface area contributed by atoms with E-state index in [1.165, 1.54) is 19.7 Å². The molecule has 6 nitrogen and oxygen atoms in total. The Balaban J connectivity index is 2.48. The van der Waals surface area contributed by atoms with Crippen LogP contribution in [0.4, 0.5) is 4.79 Å². The molecule has 1 atom stereocenters. The molecule has 0 radical (unpaired) electrons. The van der Waals surface area contributed by atoms with Crippen molar-refractivity contribution >= 4 is 23.8 Å². The molecule has 0 saturated heterocycles. The van der Waals surface area contributed by atoms with Gasteiger partial charge >= 0.3 is 6.09 Å². The number of hydroxylamine groups is 2. The maximum Gasteiger partial charge on any atom is 0.408 e. The molecular formula is C19H30N2O4S. The van der Waals surface area contributed by atoms with Crippen LogP contribution < -0.4 is 5.32 Å². The number of likely N-dealkylation sites (N-methyl/N-ethyl adjacent to an activating group) is 1. The Morgan fingerprint density at radius 3 is 2.46 bits per heavy atom. The van der Waals surface area contributed by atoms with Crippen LogP contribution in [0.5, 0.6) is 0 Å². The highest BCUT2D eigenvalue weighted by Crippen LogP contribution is 2.12. The zero-order valence-corrected chi connectivity index (χ0v) is 17.1. The summed E-state index contributed by atoms with van der Waals surface area (Å²) >= 11 is 1.62. The van der Waals surface area contributed by atoms with E-state index in [4.69, 9.17) is 9.57 Å². The molecule has 1 rings (SSSR count). The number of thioether (sulfide) groups is 1. The lowest BCUT2D eigenvalue weighted by molar-refractivity contribution is -0.170. The zero-order valence-electron chi connectivity index (χ0n) is 16.3. The van der Waals surface area contributed by atoms with Crippen LogP contribution in [0.2, 0.25) is 0 Å². The van der Waals surface area contributed by atoms with Crippen molar-refractivity contribution in [2.75, 3.05) is 25.7 Å². The monoisotopic (exact) mass is 382 g/mol. The van der Waals surface area contributed by atoms with E-state index in [-0.39, 0.29) is 5.91 Å². The van der Waals surface area contributed by atoms with Crippen LogP contribution in [0.1, 0.15) is 32.8 Å². The third kappa shape index (κ3) is 9.10. The van der Waals surface area contributed by atoms with Crippen molar-refractivity contribution < 1.29 is 19.2 Å². The van der Waals surface area contributed by atoms with Crippen LogP contribution in [-0.2, 0) is 20.8 Å². The summed E-state index contributed by atoms with van der Waals surface area (Å²) < 4.78 is 5.25. The number of benzene rings is 1. The summed E-state index contributed by atoms with van der Waals surface area (Å²) in [6.45, 7) is 5.34. The lowest BCUT2D eigenvalue weighted by Gasteiger charge is -2.25. The van der Waals surface area contributed by atoms with E-state index in [1.807, 2.05) is 18.2 Å². The van der Waals surface area contributed by atoms with Crippen molar-refractivity contribution in [3.8, 4) is 0 Å². The number of rotatable bonds is 9. The molecule has 146 valence electrons. The SMILES string of the molecule is CON(C)C(=O)[C@@H](CSCCCc1ccccc1)NC(=O)OC(C)(C)C. The molecule has 26 heavy (non-hydrogen) atoms. The lowest BCUT2D eigenvalue weighted by atomic mass is 10.1. The van der Waals surface area contributed by atoms with Crippen molar-refractivity contribution in [3.63, 3.8) is 0 Å². The summed E-state index contributed by atoms with van der Waals surface area (Å²) in [5, 5.41) is 3.76. The van der Waals surface area contributed by atoms with Crippen LogP contribution in [0.3, 0.4) is 0 Å². The molecule has 1 N–H and O–H groups in total. The highest BCUT2D eigenvalue weighted by molar-refractivity contribution is 7.99. The standard InChI is InChI=1S/C19H30N2O4S/c1-19(2,3)25-18(23)20-16(17(22)21(4)24-5)14-26-13-9-12-15-10-7-6-8-11-15/h6-8,10-11,16H,9,12-14H2,1-5H3,(H,20,23)/t16-/m1/s1. The number of aryl methyl sites for hydroxylation is 1. The molecule has 0 aliphatic carbocycles. The molecule has 0 unspecified atom stereocenters. The van der Waals surface area contributed by atoms with Gasteiger partial charge in [0, 0.05) is 12.8 Å². The van der Waals surface area contributed by atoms with Gasteiger partial charge in [0.05, 0.1) is 7.11 Å². The Kier molecular flexibility index (Phi) is 9.51. The number of hydrogen-bond acceptors (Lipinski definition) is 5. The third-order valence-corrected chi connectivity index (χ3v) is 4.60. The van der Waals surface area contributed by atoms with Crippen LogP contribution in [0.15, 0.2) is 30.3 Å². The van der Waals surface area contributed by atoms with Crippen molar-refractivity contribution in [1.82, 2.24) is 10.4 Å². The minimum absolute atomic E-state index is 0.311. The van der Waals surface area contributed by atoms with Crippen molar-refractivity contribution in [3.05, 3.63) is 35.9 Å². The maximum atomic E-state index is 12.4. The number of carbonyl (C=O) groups is 2. The summed E-state index contributed by atoms with van der Waals surface area (Å²) in [4.78, 5) is 29.3. The van der Waals surface area contributed by atoms with Gasteiger partial charge in [0.25, 0.3) is 5.91 Å². The Bertz CT molecular complexity index is 560. The molecule has 0 saturated carbocycles. The van der Waals surface area contributed by atoms with Crippen molar-refractivity contribution in [2.45, 2.75) is 45.3 Å². The molecule has 0 aromatic heterocycles. The van der Waals surface area contributed by atoms with E-state index in [9.17, 15) is 9.59 Å². The first kappa shape index (κ1) is 22.3. The Morgan fingerprint density at radius 1 is 1.23 bits per heavy atom. The molecule has 1 aromatic carbocycles. The zero-order chi connectivity index (χ0) is 19.6. The molecule has 0 aliphatic rings. The van der Waals surface area contributed by atoms with Gasteiger partial charge in [-0.05, 0) is 44.9 Å². The van der Waals surface area contributed by atoms with Gasteiger partial charge in [0.15, 0.2) is 0 Å². The smallest absolute Gasteiger partial charge is 0.408 e. The highest BCUT2D eigenvalue weighted by atomic mass is 32.2. The Hall–Kier alpha value is -1.73. The Morgan fingerprint density at radius 2 is 1.88 bits per heavy atom. The number of alkyl carbamates (subject to hydrolysis) is 1. The van der Waals surface area contributed by atoms with Gasteiger partial charge in [-0.15, -0.1) is 0 Å². The van der Waals surface area contributed by atoms with Crippen molar-refractivity contribution in [1.29, 1.82) is 0 Å². The summed E-state index contributed by atoms with van der Waals surface area (Å²) in [7, 11) is 2.93. The Labute approximate surface area is 160 Å². The number of nitrogens with zero attached hydrogens (tertiary/aromatic N) is 1. The van der Waals surface area contributed by atoms with Crippen LogP contribution >= 0.6 is 11.8 Å². The summed E-state index contributed by atoms with van der Waals surface area (Å²) in [5.41, 5.74) is 0.680. The van der Waals surface area contributed by atoms with E-state index in [2.05, 4.69) is 17.4 Å². The fourth-order valence-electron chi connectivity index (χ4n) is 2.16. The van der Waals surface area contributed by atoms with Gasteiger partial charge in [0.2, 0.25) is 0 Å². The average molecular weight is 383 g/mol. The van der Waals surface area contributed by atoms with E-state index in [1.54, 1.807) is 32.5 Å². The van der Waals surface area contributed by atoms with Gasteiger partial charge in [-0.3, -0.25) is 9.63 Å². The van der Waals surface area contributed by atoms with Crippen LogP contribution in [0, 0.1) is 0 Å². The molecule has 0 spiro atoms. The summed E-state index contributed by atoms with van der Waals surface area (Å²) in [6, 6.07) is 9.58. The molecule has 0 fully saturated rings. The van der Waals surface area contributed by atoms with E-state index < -0.39 is 17.7 Å². The van der Waals surface area contributed by atoms with Crippen molar-refractivity contribution in [2.24, 2.45) is 0 Å². The first-order chi connectivity index (χ1) is 12.2. The largest absolute Gasteiger partial charge is 0.444 e. The predicted molar refractivity (Wildman–Crippen MR) is 105 cm³/mol. The number of carbonyl (C=O) groups excluding carboxylic acids is 2. The van der Waals surface area contributed by atoms with Crippen LogP contribution in [-0.4, -0.2) is 54.4 Å². The van der Waals surface area contributed by atoms with E-state index >= 15 is 0 Å². The molecule has 0 heterocycles. The van der Waals surface area contributed by atoms with Gasteiger partial charge in [-0.2, -0.15) is 11.8 Å². The normalized spacial score (nSPS) is 12.3. The number of nitrogens with one attached hydrogen (secondary N) is 1. The average Bonchev–Trinajstić information content (AvgIpc) is 2.58. The van der Waals surface area contributed by atoms with Gasteiger partial charge < -0.3 is 10.1 Å². The summed E-state index contributed by atoms with van der Waals surface area (Å²) in [5.74, 6) is 1.04. The molecular weight excluding hydrogens is 352 g/mol. The summed E-state index contributed by atoms with van der Waals surface area (Å²) in [6.07, 6.45) is 1.39. The van der Waals surface area contributed by atoms with Gasteiger partial charge in [0.1, 0.15) is 11.6 Å². The number of ether oxygens (including phenoxy) is 1. The lowest BCUT2D eigenvalue weighted by Crippen LogP contribution is -2.49. The third-order valence-electron chi connectivity index (χ3n) is 3.45. The molecule has 0 aliphatic heterocycles. The fraction of sp³-hybridized carbons (Fsp3) is 0.579. The highest BCUT2D eigenvalue weighted by Gasteiger charge is 2.26. The minimum atomic E-state index is -0.698. The topological polar surface area (TPSA) is 67.9 Å². The predicted octanol–water partition coefficient (Wildman–Crippen LogP) is 3.27. The molecule has 1 aromatic rings. The molecule has 7 heteroatoms. The van der Waals surface area contributed by atoms with E-state index in [0.29, 0.717) is 5.75 Å². The first-order valence-electron chi connectivity index (χ1n) is 8.66. The van der Waals surface area contributed by atoms with Gasteiger partial charge in [-0.1, -0.05) is 30.3 Å². The van der Waals surface area contributed by atoms with E-state index in [0.717, 1.165) is 23.7 Å². The number of hydrogen-bond donors (Lipinski definition) is 1. The second-order valence-electron chi connectivity index (χ2n) is 6.88.